The Labute approximate surface area is 138 Å². The number of hydrogen-bond donors (Lipinski definition) is 0. The van der Waals surface area contributed by atoms with E-state index in [-0.39, 0.29) is 22.6 Å². The van der Waals surface area contributed by atoms with Gasteiger partial charge in [0.15, 0.2) is 5.82 Å². The molecule has 7 heteroatoms. The average Bonchev–Trinajstić information content (AvgIpc) is 3.05. The van der Waals surface area contributed by atoms with Crippen molar-refractivity contribution in [2.45, 2.75) is 17.6 Å². The van der Waals surface area contributed by atoms with E-state index in [1.165, 1.54) is 10.8 Å². The summed E-state index contributed by atoms with van der Waals surface area (Å²) in [4.78, 5) is 16.9. The summed E-state index contributed by atoms with van der Waals surface area (Å²) in [5.74, 6) is 1.11. The van der Waals surface area contributed by atoms with Crippen molar-refractivity contribution in [2.75, 3.05) is 5.75 Å². The van der Waals surface area contributed by atoms with Crippen LogP contribution in [0.25, 0.3) is 0 Å². The molecule has 2 atom stereocenters. The van der Waals surface area contributed by atoms with E-state index in [0.717, 1.165) is 23.4 Å². The Bertz CT molecular complexity index is 858. The third kappa shape index (κ3) is 2.02. The lowest BCUT2D eigenvalue weighted by Crippen LogP contribution is -2.28. The summed E-state index contributed by atoms with van der Waals surface area (Å²) in [5.41, 5.74) is 2.20. The highest BCUT2D eigenvalue weighted by molar-refractivity contribution is 9.10. The first-order valence-corrected chi connectivity index (χ1v) is 8.74. The van der Waals surface area contributed by atoms with Crippen molar-refractivity contribution >= 4 is 39.2 Å². The third-order valence-electron chi connectivity index (χ3n) is 4.13. The van der Waals surface area contributed by atoms with E-state index in [9.17, 15) is 9.18 Å². The summed E-state index contributed by atoms with van der Waals surface area (Å²) in [7, 11) is 1.68. The Hall–Kier alpha value is -1.34. The van der Waals surface area contributed by atoms with E-state index < -0.39 is 0 Å². The van der Waals surface area contributed by atoms with Crippen molar-refractivity contribution in [2.24, 2.45) is 12.0 Å². The molecular formula is C15H12BrFN2O2S. The standard InChI is InChI=1S/C15H12BrFN2O2S/c1-19-14-12(15(20)21-19)11(13-10(18-14)4-5-22-13)7-2-3-9(17)8(16)6-7/h2-3,6,11,13H,4-5H2,1H3. The Morgan fingerprint density at radius 1 is 1.50 bits per heavy atom. The van der Waals surface area contributed by atoms with Gasteiger partial charge in [0.2, 0.25) is 0 Å². The number of aromatic nitrogens is 1. The maximum absolute atomic E-state index is 13.6. The van der Waals surface area contributed by atoms with Gasteiger partial charge >= 0.3 is 5.63 Å². The molecule has 1 aromatic heterocycles. The minimum Gasteiger partial charge on any atom is -0.334 e. The van der Waals surface area contributed by atoms with E-state index in [0.29, 0.717) is 15.9 Å². The molecular weight excluding hydrogens is 371 g/mol. The second-order valence-electron chi connectivity index (χ2n) is 5.41. The molecule has 0 aliphatic carbocycles. The number of rotatable bonds is 1. The second kappa shape index (κ2) is 5.09. The molecule has 4 rings (SSSR count). The lowest BCUT2D eigenvalue weighted by Gasteiger charge is -2.26. The highest BCUT2D eigenvalue weighted by Crippen LogP contribution is 2.46. The quantitative estimate of drug-likeness (QED) is 0.756. The molecule has 3 heterocycles. The zero-order chi connectivity index (χ0) is 15.4. The Kier molecular flexibility index (Phi) is 3.30. The summed E-state index contributed by atoms with van der Waals surface area (Å²) in [6.07, 6.45) is 0.910. The van der Waals surface area contributed by atoms with Crippen LogP contribution >= 0.6 is 27.7 Å². The number of thioether (sulfide) groups is 1. The number of halogens is 2. The first-order chi connectivity index (χ1) is 10.6. The molecule has 2 aliphatic heterocycles. The van der Waals surface area contributed by atoms with Crippen LogP contribution in [0.4, 0.5) is 10.2 Å². The molecule has 1 aromatic carbocycles. The molecule has 0 saturated carbocycles. The number of aryl methyl sites for hydroxylation is 1. The minimum atomic E-state index is -0.363. The van der Waals surface area contributed by atoms with Gasteiger partial charge in [0.05, 0.1) is 15.3 Å². The van der Waals surface area contributed by atoms with Gasteiger partial charge in [-0.1, -0.05) is 6.07 Å². The van der Waals surface area contributed by atoms with E-state index in [1.54, 1.807) is 30.9 Å². The molecule has 0 radical (unpaired) electrons. The van der Waals surface area contributed by atoms with Gasteiger partial charge in [-0.15, -0.1) is 0 Å². The average molecular weight is 383 g/mol. The van der Waals surface area contributed by atoms with Gasteiger partial charge in [-0.25, -0.2) is 14.2 Å². The zero-order valence-electron chi connectivity index (χ0n) is 11.7. The summed E-state index contributed by atoms with van der Waals surface area (Å²) in [5, 5.41) is 0.121. The topological polar surface area (TPSA) is 47.5 Å². The molecule has 2 unspecified atom stereocenters. The van der Waals surface area contributed by atoms with Crippen LogP contribution in [0.2, 0.25) is 0 Å². The summed E-state index contributed by atoms with van der Waals surface area (Å²) < 4.78 is 20.6. The van der Waals surface area contributed by atoms with Crippen molar-refractivity contribution in [1.82, 2.24) is 4.74 Å². The number of aliphatic imine (C=N–C) groups is 1. The molecule has 0 amide bonds. The maximum Gasteiger partial charge on any atom is 0.363 e. The van der Waals surface area contributed by atoms with E-state index in [1.807, 2.05) is 0 Å². The van der Waals surface area contributed by atoms with Crippen molar-refractivity contribution in [3.8, 4) is 0 Å². The van der Waals surface area contributed by atoms with Gasteiger partial charge in [0, 0.05) is 18.7 Å². The highest BCUT2D eigenvalue weighted by atomic mass is 79.9. The van der Waals surface area contributed by atoms with Crippen LogP contribution in [0.1, 0.15) is 23.5 Å². The van der Waals surface area contributed by atoms with Crippen LogP contribution in [0.5, 0.6) is 0 Å². The number of fused-ring (bicyclic) bond motifs is 2. The van der Waals surface area contributed by atoms with Crippen molar-refractivity contribution < 1.29 is 8.91 Å². The fourth-order valence-electron chi connectivity index (χ4n) is 3.15. The number of nitrogens with zero attached hydrogens (tertiary/aromatic N) is 2. The summed E-state index contributed by atoms with van der Waals surface area (Å²) in [6.45, 7) is 0. The van der Waals surface area contributed by atoms with E-state index in [2.05, 4.69) is 20.9 Å². The normalized spacial score (nSPS) is 23.1. The predicted molar refractivity (Wildman–Crippen MR) is 87.9 cm³/mol. The Morgan fingerprint density at radius 3 is 3.09 bits per heavy atom. The first kappa shape index (κ1) is 14.3. The fourth-order valence-corrected chi connectivity index (χ4v) is 4.97. The number of benzene rings is 1. The van der Waals surface area contributed by atoms with Crippen LogP contribution < -0.4 is 5.63 Å². The van der Waals surface area contributed by atoms with Crippen LogP contribution in [0.15, 0.2) is 37.0 Å². The molecule has 2 aromatic rings. The molecule has 1 fully saturated rings. The van der Waals surface area contributed by atoms with E-state index >= 15 is 0 Å². The largest absolute Gasteiger partial charge is 0.363 e. The maximum atomic E-state index is 13.6. The summed E-state index contributed by atoms with van der Waals surface area (Å²) >= 11 is 5.02. The SMILES string of the molecule is Cn1oc(=O)c2c1N=C1CCSC1C2c1ccc(F)c(Br)c1. The first-order valence-electron chi connectivity index (χ1n) is 6.90. The molecule has 0 N–H and O–H groups in total. The van der Waals surface area contributed by atoms with Crippen molar-refractivity contribution in [3.05, 3.63) is 50.0 Å². The van der Waals surface area contributed by atoms with E-state index in [4.69, 9.17) is 4.52 Å². The molecule has 4 nitrogen and oxygen atoms in total. The third-order valence-corrected chi connectivity index (χ3v) is 6.08. The van der Waals surface area contributed by atoms with Gasteiger partial charge in [0.1, 0.15) is 5.82 Å². The van der Waals surface area contributed by atoms with Crippen LogP contribution in [-0.2, 0) is 7.05 Å². The lowest BCUT2D eigenvalue weighted by molar-refractivity contribution is 0.288. The zero-order valence-corrected chi connectivity index (χ0v) is 14.1. The lowest BCUT2D eigenvalue weighted by atomic mass is 9.85. The molecule has 1 saturated heterocycles. The molecule has 22 heavy (non-hydrogen) atoms. The molecule has 0 bridgehead atoms. The van der Waals surface area contributed by atoms with Crippen molar-refractivity contribution in [1.29, 1.82) is 0 Å². The van der Waals surface area contributed by atoms with Gasteiger partial charge < -0.3 is 4.52 Å². The fraction of sp³-hybridized carbons (Fsp3) is 0.333. The number of hydrogen-bond acceptors (Lipinski definition) is 4. The minimum absolute atomic E-state index is 0.121. The van der Waals surface area contributed by atoms with Gasteiger partial charge in [-0.3, -0.25) is 0 Å². The highest BCUT2D eigenvalue weighted by Gasteiger charge is 2.41. The van der Waals surface area contributed by atoms with Crippen LogP contribution in [0, 0.1) is 5.82 Å². The monoisotopic (exact) mass is 382 g/mol. The summed E-state index contributed by atoms with van der Waals surface area (Å²) in [6, 6.07) is 4.91. The van der Waals surface area contributed by atoms with Gasteiger partial charge in [0.25, 0.3) is 0 Å². The second-order valence-corrected chi connectivity index (χ2v) is 7.51. The molecule has 0 spiro atoms. The van der Waals surface area contributed by atoms with Gasteiger partial charge in [-0.05, 0) is 45.8 Å². The molecule has 2 aliphatic rings. The smallest absolute Gasteiger partial charge is 0.334 e. The van der Waals surface area contributed by atoms with Crippen molar-refractivity contribution in [3.63, 3.8) is 0 Å². The van der Waals surface area contributed by atoms with Crippen LogP contribution in [0.3, 0.4) is 0 Å². The van der Waals surface area contributed by atoms with Crippen LogP contribution in [-0.4, -0.2) is 21.5 Å². The predicted octanol–water partition coefficient (Wildman–Crippen LogP) is 3.60. The molecule has 114 valence electrons. The van der Waals surface area contributed by atoms with Gasteiger partial charge in [-0.2, -0.15) is 16.5 Å². The Morgan fingerprint density at radius 2 is 2.32 bits per heavy atom. The Balaban J connectivity index is 1.95.